The molecule has 12 heavy (non-hydrogen) atoms. The topological polar surface area (TPSA) is 24.9 Å². The number of hydrogen-bond acceptors (Lipinski definition) is 3. The van der Waals surface area contributed by atoms with Crippen LogP contribution in [0.2, 0.25) is 0 Å². The van der Waals surface area contributed by atoms with Gasteiger partial charge in [0.25, 0.3) is 0 Å². The molecule has 0 bridgehead atoms. The summed E-state index contributed by atoms with van der Waals surface area (Å²) in [6, 6.07) is 0.655. The molecule has 1 aromatic rings. The highest BCUT2D eigenvalue weighted by atomic mass is 32.1. The minimum atomic E-state index is 0.318. The van der Waals surface area contributed by atoms with E-state index in [0.29, 0.717) is 12.1 Å². The van der Waals surface area contributed by atoms with Crippen molar-refractivity contribution in [3.8, 4) is 0 Å². The number of nitrogens with zero attached hydrogens (tertiary/aromatic N) is 1. The Morgan fingerprint density at radius 2 is 2.42 bits per heavy atom. The second kappa shape index (κ2) is 4.38. The molecule has 0 aliphatic heterocycles. The second-order valence-electron chi connectivity index (χ2n) is 2.78. The van der Waals surface area contributed by atoms with Crippen molar-refractivity contribution in [3.63, 3.8) is 0 Å². The lowest BCUT2D eigenvalue weighted by Crippen LogP contribution is -2.26. The minimum Gasteiger partial charge on any atom is -0.302 e. The summed E-state index contributed by atoms with van der Waals surface area (Å²) >= 11 is 1.68. The Morgan fingerprint density at radius 3 is 2.92 bits per heavy atom. The van der Waals surface area contributed by atoms with Crippen LogP contribution >= 0.6 is 11.3 Å². The van der Waals surface area contributed by atoms with E-state index >= 15 is 0 Å². The number of hydrogen-bond donors (Lipinski definition) is 1. The van der Waals surface area contributed by atoms with Crippen LogP contribution in [-0.4, -0.2) is 11.0 Å². The molecule has 0 aliphatic carbocycles. The molecule has 0 spiro atoms. The van der Waals surface area contributed by atoms with Crippen LogP contribution in [0.1, 0.15) is 24.9 Å². The summed E-state index contributed by atoms with van der Waals surface area (Å²) in [5, 5.41) is 6.48. The van der Waals surface area contributed by atoms with Crippen molar-refractivity contribution in [1.29, 1.82) is 0 Å². The molecule has 2 unspecified atom stereocenters. The van der Waals surface area contributed by atoms with Crippen molar-refractivity contribution >= 4 is 11.3 Å². The quantitative estimate of drug-likeness (QED) is 0.723. The van der Waals surface area contributed by atoms with Gasteiger partial charge in [0.1, 0.15) is 5.01 Å². The van der Waals surface area contributed by atoms with Crippen molar-refractivity contribution in [2.75, 3.05) is 0 Å². The van der Waals surface area contributed by atoms with E-state index in [1.807, 2.05) is 17.7 Å². The van der Waals surface area contributed by atoms with Gasteiger partial charge in [0.2, 0.25) is 0 Å². The van der Waals surface area contributed by atoms with E-state index in [0.717, 1.165) is 5.01 Å². The molecule has 0 saturated heterocycles. The van der Waals surface area contributed by atoms with Gasteiger partial charge in [-0.05, 0) is 13.8 Å². The largest absolute Gasteiger partial charge is 0.302 e. The molecular formula is C9H14N2S. The number of aromatic nitrogens is 1. The van der Waals surface area contributed by atoms with Crippen molar-refractivity contribution in [1.82, 2.24) is 10.3 Å². The van der Waals surface area contributed by atoms with E-state index in [-0.39, 0.29) is 0 Å². The maximum absolute atomic E-state index is 4.23. The fourth-order valence-electron chi connectivity index (χ4n) is 0.982. The van der Waals surface area contributed by atoms with Crippen LogP contribution in [0.5, 0.6) is 0 Å². The first-order valence-corrected chi connectivity index (χ1v) is 4.90. The summed E-state index contributed by atoms with van der Waals surface area (Å²) in [5.74, 6) is 0. The summed E-state index contributed by atoms with van der Waals surface area (Å²) in [6.07, 6.45) is 3.72. The highest BCUT2D eigenvalue weighted by Crippen LogP contribution is 2.14. The monoisotopic (exact) mass is 182 g/mol. The Morgan fingerprint density at radius 1 is 1.67 bits per heavy atom. The highest BCUT2D eigenvalue weighted by molar-refractivity contribution is 7.09. The Hall–Kier alpha value is -0.670. The van der Waals surface area contributed by atoms with E-state index in [2.05, 4.69) is 30.7 Å². The van der Waals surface area contributed by atoms with Crippen molar-refractivity contribution in [3.05, 3.63) is 29.2 Å². The molecule has 1 aromatic heterocycles. The van der Waals surface area contributed by atoms with Crippen molar-refractivity contribution < 1.29 is 0 Å². The number of thiazole rings is 1. The van der Waals surface area contributed by atoms with E-state index < -0.39 is 0 Å². The summed E-state index contributed by atoms with van der Waals surface area (Å²) in [4.78, 5) is 4.23. The molecule has 0 fully saturated rings. The van der Waals surface area contributed by atoms with Crippen LogP contribution in [0.3, 0.4) is 0 Å². The number of nitrogens with one attached hydrogen (secondary N) is 1. The van der Waals surface area contributed by atoms with E-state index in [9.17, 15) is 0 Å². The second-order valence-corrected chi connectivity index (χ2v) is 3.71. The van der Waals surface area contributed by atoms with Crippen LogP contribution in [-0.2, 0) is 0 Å². The van der Waals surface area contributed by atoms with E-state index in [1.165, 1.54) is 0 Å². The summed E-state index contributed by atoms with van der Waals surface area (Å²) in [5.41, 5.74) is 0. The lowest BCUT2D eigenvalue weighted by molar-refractivity contribution is 0.535. The van der Waals surface area contributed by atoms with Gasteiger partial charge in [-0.1, -0.05) is 6.08 Å². The molecular weight excluding hydrogens is 168 g/mol. The zero-order valence-corrected chi connectivity index (χ0v) is 8.27. The first kappa shape index (κ1) is 9.42. The zero-order chi connectivity index (χ0) is 8.97. The molecule has 1 heterocycles. The SMILES string of the molecule is C=CC(C)NC(C)c1nccs1. The molecule has 0 aromatic carbocycles. The fourth-order valence-corrected chi connectivity index (χ4v) is 1.64. The summed E-state index contributed by atoms with van der Waals surface area (Å²) in [6.45, 7) is 7.91. The maximum atomic E-state index is 4.23. The molecule has 2 atom stereocenters. The third-order valence-electron chi connectivity index (χ3n) is 1.69. The molecule has 0 amide bonds. The standard InChI is InChI=1S/C9H14N2S/c1-4-7(2)11-8(3)9-10-5-6-12-9/h4-8,11H,1H2,2-3H3. The highest BCUT2D eigenvalue weighted by Gasteiger charge is 2.08. The van der Waals surface area contributed by atoms with Gasteiger partial charge in [0.05, 0.1) is 6.04 Å². The van der Waals surface area contributed by atoms with Crippen LogP contribution in [0.4, 0.5) is 0 Å². The maximum Gasteiger partial charge on any atom is 0.109 e. The average Bonchev–Trinajstić information content (AvgIpc) is 2.56. The lowest BCUT2D eigenvalue weighted by Gasteiger charge is -2.14. The lowest BCUT2D eigenvalue weighted by atomic mass is 10.2. The van der Waals surface area contributed by atoms with Crippen molar-refractivity contribution in [2.45, 2.75) is 25.9 Å². The third-order valence-corrected chi connectivity index (χ3v) is 2.65. The first-order chi connectivity index (χ1) is 5.74. The minimum absolute atomic E-state index is 0.318. The molecule has 1 rings (SSSR count). The van der Waals surface area contributed by atoms with Gasteiger partial charge in [0, 0.05) is 17.6 Å². The van der Waals surface area contributed by atoms with Gasteiger partial charge >= 0.3 is 0 Å². The van der Waals surface area contributed by atoms with E-state index in [4.69, 9.17) is 0 Å². The van der Waals surface area contributed by atoms with Gasteiger partial charge in [-0.3, -0.25) is 0 Å². The fraction of sp³-hybridized carbons (Fsp3) is 0.444. The smallest absolute Gasteiger partial charge is 0.109 e. The molecule has 66 valence electrons. The van der Waals surface area contributed by atoms with Crippen LogP contribution in [0.15, 0.2) is 24.2 Å². The molecule has 2 nitrogen and oxygen atoms in total. The molecule has 0 saturated carbocycles. The Kier molecular flexibility index (Phi) is 3.44. The van der Waals surface area contributed by atoms with Crippen molar-refractivity contribution in [2.24, 2.45) is 0 Å². The van der Waals surface area contributed by atoms with E-state index in [1.54, 1.807) is 11.3 Å². The Labute approximate surface area is 77.3 Å². The van der Waals surface area contributed by atoms with Gasteiger partial charge in [-0.15, -0.1) is 17.9 Å². The summed E-state index contributed by atoms with van der Waals surface area (Å²) < 4.78 is 0. The molecule has 1 N–H and O–H groups in total. The predicted octanol–water partition coefficient (Wildman–Crippen LogP) is 2.37. The molecule has 0 aliphatic rings. The van der Waals surface area contributed by atoms with Crippen LogP contribution in [0, 0.1) is 0 Å². The van der Waals surface area contributed by atoms with Gasteiger partial charge in [-0.25, -0.2) is 4.98 Å². The Balaban J connectivity index is 2.49. The average molecular weight is 182 g/mol. The zero-order valence-electron chi connectivity index (χ0n) is 7.45. The van der Waals surface area contributed by atoms with Crippen LogP contribution < -0.4 is 5.32 Å². The first-order valence-electron chi connectivity index (χ1n) is 4.02. The molecule has 0 radical (unpaired) electrons. The van der Waals surface area contributed by atoms with Gasteiger partial charge < -0.3 is 5.32 Å². The normalized spacial score (nSPS) is 15.5. The molecule has 3 heteroatoms. The number of rotatable bonds is 4. The van der Waals surface area contributed by atoms with Gasteiger partial charge in [-0.2, -0.15) is 0 Å². The summed E-state index contributed by atoms with van der Waals surface area (Å²) in [7, 11) is 0. The van der Waals surface area contributed by atoms with Gasteiger partial charge in [0.15, 0.2) is 0 Å². The third kappa shape index (κ3) is 2.43. The Bertz CT molecular complexity index is 231. The van der Waals surface area contributed by atoms with Crippen LogP contribution in [0.25, 0.3) is 0 Å². The predicted molar refractivity (Wildman–Crippen MR) is 53.3 cm³/mol.